The van der Waals surface area contributed by atoms with E-state index in [1.807, 2.05) is 0 Å². The number of ether oxygens (including phenoxy) is 1. The van der Waals surface area contributed by atoms with Gasteiger partial charge in [0.2, 0.25) is 11.0 Å². The Morgan fingerprint density at radius 2 is 2.20 bits per heavy atom. The number of carbonyl (C=O) groups is 1. The van der Waals surface area contributed by atoms with E-state index in [1.54, 1.807) is 16.8 Å². The summed E-state index contributed by atoms with van der Waals surface area (Å²) in [5.74, 6) is 0.387. The second-order valence-electron chi connectivity index (χ2n) is 5.72. The number of hydrogen-bond donors (Lipinski definition) is 0. The van der Waals surface area contributed by atoms with Crippen molar-refractivity contribution in [3.05, 3.63) is 5.51 Å². The average molecular weight is 294 g/mol. The van der Waals surface area contributed by atoms with E-state index in [2.05, 4.69) is 20.0 Å². The highest BCUT2D eigenvalue weighted by atomic mass is 32.1. The van der Waals surface area contributed by atoms with Crippen molar-refractivity contribution in [1.29, 1.82) is 0 Å². The van der Waals surface area contributed by atoms with Crippen LogP contribution >= 0.6 is 11.3 Å². The molecule has 0 unspecified atom stereocenters. The molecule has 3 aliphatic heterocycles. The van der Waals surface area contributed by atoms with E-state index < -0.39 is 0 Å². The molecular weight excluding hydrogens is 276 g/mol. The van der Waals surface area contributed by atoms with E-state index in [0.29, 0.717) is 24.6 Å². The van der Waals surface area contributed by atoms with Gasteiger partial charge < -0.3 is 14.5 Å². The van der Waals surface area contributed by atoms with Gasteiger partial charge in [0.25, 0.3) is 0 Å². The molecule has 0 aromatic carbocycles. The van der Waals surface area contributed by atoms with Crippen molar-refractivity contribution in [2.45, 2.75) is 31.3 Å². The van der Waals surface area contributed by atoms with Gasteiger partial charge in [-0.2, -0.15) is 0 Å². The van der Waals surface area contributed by atoms with Crippen LogP contribution in [0.15, 0.2) is 5.51 Å². The van der Waals surface area contributed by atoms with Gasteiger partial charge >= 0.3 is 0 Å². The quantitative estimate of drug-likeness (QED) is 0.806. The lowest BCUT2D eigenvalue weighted by atomic mass is 10.1. The molecule has 4 heterocycles. The fraction of sp³-hybridized carbons (Fsp3) is 0.769. The second-order valence-corrected chi connectivity index (χ2v) is 6.53. The predicted molar refractivity (Wildman–Crippen MR) is 74.7 cm³/mol. The fourth-order valence-corrected chi connectivity index (χ4v) is 4.40. The number of hydrogen-bond acceptors (Lipinski definition) is 6. The lowest BCUT2D eigenvalue weighted by molar-refractivity contribution is -0.136. The lowest BCUT2D eigenvalue weighted by Crippen LogP contribution is -2.42. The first kappa shape index (κ1) is 12.5. The highest BCUT2D eigenvalue weighted by Gasteiger charge is 2.46. The van der Waals surface area contributed by atoms with Crippen LogP contribution in [0.5, 0.6) is 0 Å². The molecule has 3 saturated heterocycles. The minimum atomic E-state index is 0.0873. The maximum atomic E-state index is 12.6. The van der Waals surface area contributed by atoms with Crippen LogP contribution < -0.4 is 4.90 Å². The molecule has 4 rings (SSSR count). The average Bonchev–Trinajstić information content (AvgIpc) is 3.21. The number of rotatable bonds is 2. The zero-order valence-corrected chi connectivity index (χ0v) is 12.1. The molecule has 6 nitrogen and oxygen atoms in total. The van der Waals surface area contributed by atoms with Crippen LogP contribution in [0.4, 0.5) is 5.13 Å². The zero-order valence-electron chi connectivity index (χ0n) is 11.3. The van der Waals surface area contributed by atoms with Crippen molar-refractivity contribution >= 4 is 22.4 Å². The van der Waals surface area contributed by atoms with Gasteiger partial charge in [-0.1, -0.05) is 11.3 Å². The number of carbonyl (C=O) groups excluding carboxylic acids is 1. The van der Waals surface area contributed by atoms with Crippen molar-refractivity contribution in [1.82, 2.24) is 15.1 Å². The summed E-state index contributed by atoms with van der Waals surface area (Å²) in [4.78, 5) is 17.0. The van der Waals surface area contributed by atoms with E-state index in [4.69, 9.17) is 4.74 Å². The van der Waals surface area contributed by atoms with Crippen LogP contribution in [-0.4, -0.2) is 59.4 Å². The normalized spacial score (nSPS) is 32.9. The second kappa shape index (κ2) is 4.96. The van der Waals surface area contributed by atoms with E-state index in [-0.39, 0.29) is 5.92 Å². The van der Waals surface area contributed by atoms with Crippen molar-refractivity contribution in [3.8, 4) is 0 Å². The van der Waals surface area contributed by atoms with Gasteiger partial charge in [0, 0.05) is 19.7 Å². The summed E-state index contributed by atoms with van der Waals surface area (Å²) in [6, 6.07) is 0.779. The summed E-state index contributed by atoms with van der Waals surface area (Å²) in [6.45, 7) is 3.19. The summed E-state index contributed by atoms with van der Waals surface area (Å²) in [6.07, 6.45) is 2.97. The van der Waals surface area contributed by atoms with Crippen LogP contribution in [0, 0.1) is 5.92 Å². The molecule has 108 valence electrons. The summed E-state index contributed by atoms with van der Waals surface area (Å²) in [7, 11) is 0. The lowest BCUT2D eigenvalue weighted by Gasteiger charge is -2.26. The molecule has 20 heavy (non-hydrogen) atoms. The minimum Gasteiger partial charge on any atom is -0.381 e. The van der Waals surface area contributed by atoms with Gasteiger partial charge in [-0.05, 0) is 19.3 Å². The van der Waals surface area contributed by atoms with Gasteiger partial charge in [0.15, 0.2) is 0 Å². The Balaban J connectivity index is 1.49. The Hall–Kier alpha value is -1.21. The van der Waals surface area contributed by atoms with Crippen LogP contribution in [0.2, 0.25) is 0 Å². The van der Waals surface area contributed by atoms with Crippen LogP contribution in [0.3, 0.4) is 0 Å². The van der Waals surface area contributed by atoms with Crippen LogP contribution in [0.25, 0.3) is 0 Å². The Morgan fingerprint density at radius 1 is 1.30 bits per heavy atom. The van der Waals surface area contributed by atoms with Gasteiger partial charge in [0.05, 0.1) is 24.6 Å². The minimum absolute atomic E-state index is 0.0873. The number of amides is 1. The molecule has 1 amide bonds. The highest BCUT2D eigenvalue weighted by molar-refractivity contribution is 7.13. The third-order valence-corrected chi connectivity index (χ3v) is 5.46. The Labute approximate surface area is 121 Å². The number of aromatic nitrogens is 2. The molecule has 7 heteroatoms. The van der Waals surface area contributed by atoms with Crippen molar-refractivity contribution < 1.29 is 9.53 Å². The number of anilines is 1. The SMILES string of the molecule is O=C([C@@H]1CCOC1)N1CC[C@@H]2[C@H]1CCN2c1nncs1. The van der Waals surface area contributed by atoms with E-state index in [0.717, 1.165) is 44.1 Å². The highest BCUT2D eigenvalue weighted by Crippen LogP contribution is 2.36. The summed E-state index contributed by atoms with van der Waals surface area (Å²) >= 11 is 1.58. The molecule has 0 saturated carbocycles. The number of nitrogens with zero attached hydrogens (tertiary/aromatic N) is 4. The maximum Gasteiger partial charge on any atom is 0.228 e. The third kappa shape index (κ3) is 1.91. The molecule has 0 N–H and O–H groups in total. The van der Waals surface area contributed by atoms with Crippen molar-refractivity contribution in [2.75, 3.05) is 31.2 Å². The van der Waals surface area contributed by atoms with E-state index in [9.17, 15) is 4.79 Å². The smallest absolute Gasteiger partial charge is 0.228 e. The Kier molecular flexibility index (Phi) is 3.11. The molecule has 3 atom stereocenters. The molecule has 3 aliphatic rings. The van der Waals surface area contributed by atoms with Gasteiger partial charge in [-0.3, -0.25) is 4.79 Å². The number of likely N-dealkylation sites (tertiary alicyclic amines) is 1. The van der Waals surface area contributed by atoms with E-state index in [1.165, 1.54) is 0 Å². The van der Waals surface area contributed by atoms with Crippen LogP contribution in [-0.2, 0) is 9.53 Å². The standard InChI is InChI=1S/C13H18N4O2S/c18-12(9-3-6-19-7-9)16-4-1-11-10(16)2-5-17(11)13-15-14-8-20-13/h8-11H,1-7H2/t9-,10-,11-/m1/s1. The summed E-state index contributed by atoms with van der Waals surface area (Å²) in [5, 5.41) is 9.10. The largest absolute Gasteiger partial charge is 0.381 e. The first-order valence-electron chi connectivity index (χ1n) is 7.25. The Bertz CT molecular complexity index is 489. The van der Waals surface area contributed by atoms with Gasteiger partial charge in [0.1, 0.15) is 5.51 Å². The molecule has 0 bridgehead atoms. The van der Waals surface area contributed by atoms with Crippen molar-refractivity contribution in [3.63, 3.8) is 0 Å². The summed E-state index contributed by atoms with van der Waals surface area (Å²) in [5.41, 5.74) is 1.77. The molecule has 0 radical (unpaired) electrons. The van der Waals surface area contributed by atoms with E-state index >= 15 is 0 Å². The molecule has 1 aromatic heterocycles. The molecule has 1 aromatic rings. The molecule has 0 spiro atoms. The number of fused-ring (bicyclic) bond motifs is 1. The van der Waals surface area contributed by atoms with Crippen LogP contribution in [0.1, 0.15) is 19.3 Å². The predicted octanol–water partition coefficient (Wildman–Crippen LogP) is 0.754. The third-order valence-electron chi connectivity index (χ3n) is 4.73. The first-order valence-corrected chi connectivity index (χ1v) is 8.13. The topological polar surface area (TPSA) is 58.6 Å². The Morgan fingerprint density at radius 3 is 2.95 bits per heavy atom. The van der Waals surface area contributed by atoms with Crippen molar-refractivity contribution in [2.24, 2.45) is 5.92 Å². The molecule has 0 aliphatic carbocycles. The van der Waals surface area contributed by atoms with Gasteiger partial charge in [-0.15, -0.1) is 10.2 Å². The molecular formula is C13H18N4O2S. The fourth-order valence-electron chi connectivity index (χ4n) is 3.75. The maximum absolute atomic E-state index is 12.6. The summed E-state index contributed by atoms with van der Waals surface area (Å²) < 4.78 is 5.35. The van der Waals surface area contributed by atoms with Gasteiger partial charge in [-0.25, -0.2) is 0 Å². The first-order chi connectivity index (χ1) is 9.84. The molecule has 3 fully saturated rings. The monoisotopic (exact) mass is 294 g/mol. The zero-order chi connectivity index (χ0) is 13.5.